The van der Waals surface area contributed by atoms with E-state index < -0.39 is 0 Å². The third-order valence-corrected chi connectivity index (χ3v) is 4.06. The zero-order valence-corrected chi connectivity index (χ0v) is 14.6. The van der Waals surface area contributed by atoms with E-state index in [2.05, 4.69) is 10.6 Å². The third kappa shape index (κ3) is 3.61. The summed E-state index contributed by atoms with van der Waals surface area (Å²) in [5.74, 6) is 0.891. The minimum Gasteiger partial charge on any atom is -0.495 e. The third-order valence-electron chi connectivity index (χ3n) is 3.76. The van der Waals surface area contributed by atoms with Crippen molar-refractivity contribution in [3.05, 3.63) is 59.6 Å². The van der Waals surface area contributed by atoms with Gasteiger partial charge in [-0.1, -0.05) is 48.0 Å². The molecule has 0 atom stereocenters. The number of nitrogens with one attached hydrogen (secondary N) is 2. The summed E-state index contributed by atoms with van der Waals surface area (Å²) in [6.07, 6.45) is 0. The Morgan fingerprint density at radius 3 is 2.32 bits per heavy atom. The predicted molar refractivity (Wildman–Crippen MR) is 101 cm³/mol. The van der Waals surface area contributed by atoms with Crippen LogP contribution in [0.2, 0.25) is 5.02 Å². The predicted octanol–water partition coefficient (Wildman–Crippen LogP) is 5.15. The summed E-state index contributed by atoms with van der Waals surface area (Å²) in [7, 11) is 3.01. The van der Waals surface area contributed by atoms with Crippen molar-refractivity contribution < 1.29 is 14.3 Å². The number of methoxy groups -OCH3 is 2. The molecule has 0 aliphatic carbocycles. The number of carbonyl (C=O) groups is 1. The van der Waals surface area contributed by atoms with Crippen LogP contribution >= 0.6 is 11.6 Å². The average molecular weight is 357 g/mol. The minimum absolute atomic E-state index is 0.390. The lowest BCUT2D eigenvalue weighted by molar-refractivity contribution is 0.262. The second-order valence-corrected chi connectivity index (χ2v) is 5.70. The molecule has 2 N–H and O–H groups in total. The van der Waals surface area contributed by atoms with E-state index >= 15 is 0 Å². The van der Waals surface area contributed by atoms with Crippen LogP contribution in [0, 0.1) is 0 Å². The van der Waals surface area contributed by atoms with Crippen LogP contribution in [0.3, 0.4) is 0 Å². The lowest BCUT2D eigenvalue weighted by atomic mass is 10.1. The zero-order valence-electron chi connectivity index (χ0n) is 13.8. The van der Waals surface area contributed by atoms with Gasteiger partial charge in [-0.15, -0.1) is 0 Å². The van der Waals surface area contributed by atoms with Gasteiger partial charge in [0.15, 0.2) is 0 Å². The Bertz CT molecular complexity index is 922. The Labute approximate surface area is 150 Å². The van der Waals surface area contributed by atoms with Gasteiger partial charge < -0.3 is 20.1 Å². The number of urea groups is 1. The Balaban J connectivity index is 1.85. The molecule has 0 aliphatic rings. The van der Waals surface area contributed by atoms with Crippen LogP contribution in [0.1, 0.15) is 0 Å². The van der Waals surface area contributed by atoms with Crippen molar-refractivity contribution >= 4 is 39.8 Å². The lowest BCUT2D eigenvalue weighted by Crippen LogP contribution is -2.20. The Hall–Kier alpha value is -2.92. The second kappa shape index (κ2) is 7.32. The molecule has 0 spiro atoms. The molecule has 0 unspecified atom stereocenters. The smallest absolute Gasteiger partial charge is 0.323 e. The summed E-state index contributed by atoms with van der Waals surface area (Å²) in [6, 6.07) is 16.4. The van der Waals surface area contributed by atoms with Gasteiger partial charge in [0.2, 0.25) is 0 Å². The zero-order chi connectivity index (χ0) is 17.8. The highest BCUT2D eigenvalue weighted by Crippen LogP contribution is 2.36. The molecule has 2 amide bonds. The molecular formula is C19H17ClN2O3. The Kier molecular flexibility index (Phi) is 4.95. The highest BCUT2D eigenvalue weighted by atomic mass is 35.5. The molecule has 3 rings (SSSR count). The van der Waals surface area contributed by atoms with E-state index in [9.17, 15) is 4.79 Å². The van der Waals surface area contributed by atoms with Crippen LogP contribution < -0.4 is 20.1 Å². The van der Waals surface area contributed by atoms with Gasteiger partial charge in [0, 0.05) is 17.5 Å². The fraction of sp³-hybridized carbons (Fsp3) is 0.105. The standard InChI is InChI=1S/C19H17ClN2O3/c1-24-17-11-16(18(25-2)10-14(17)20)22-19(23)21-15-9-5-7-12-6-3-4-8-13(12)15/h3-11H,1-2H3,(H2,21,22,23). The minimum atomic E-state index is -0.390. The molecule has 0 aromatic heterocycles. The number of rotatable bonds is 4. The van der Waals surface area contributed by atoms with Gasteiger partial charge in [-0.3, -0.25) is 0 Å². The van der Waals surface area contributed by atoms with Gasteiger partial charge in [-0.25, -0.2) is 4.79 Å². The van der Waals surface area contributed by atoms with Crippen molar-refractivity contribution in [2.24, 2.45) is 0 Å². The molecule has 0 saturated heterocycles. The van der Waals surface area contributed by atoms with Crippen LogP contribution in [0.25, 0.3) is 10.8 Å². The molecule has 128 valence electrons. The number of amides is 2. The molecule has 0 aliphatic heterocycles. The van der Waals surface area contributed by atoms with Gasteiger partial charge >= 0.3 is 6.03 Å². The van der Waals surface area contributed by atoms with E-state index in [1.165, 1.54) is 14.2 Å². The fourth-order valence-electron chi connectivity index (χ4n) is 2.57. The number of benzene rings is 3. The van der Waals surface area contributed by atoms with Gasteiger partial charge in [0.1, 0.15) is 11.5 Å². The second-order valence-electron chi connectivity index (χ2n) is 5.29. The largest absolute Gasteiger partial charge is 0.495 e. The topological polar surface area (TPSA) is 59.6 Å². The molecule has 3 aromatic carbocycles. The molecule has 3 aromatic rings. The summed E-state index contributed by atoms with van der Waals surface area (Å²) < 4.78 is 10.4. The molecule has 5 nitrogen and oxygen atoms in total. The van der Waals surface area contributed by atoms with Gasteiger partial charge in [-0.05, 0) is 11.5 Å². The van der Waals surface area contributed by atoms with E-state index in [-0.39, 0.29) is 6.03 Å². The Morgan fingerprint density at radius 2 is 1.56 bits per heavy atom. The molecule has 6 heteroatoms. The van der Waals surface area contributed by atoms with Crippen LogP contribution in [0.4, 0.5) is 16.2 Å². The van der Waals surface area contributed by atoms with Crippen LogP contribution in [0.5, 0.6) is 11.5 Å². The summed E-state index contributed by atoms with van der Waals surface area (Å²) >= 11 is 6.08. The number of carbonyl (C=O) groups excluding carboxylic acids is 1. The molecule has 0 bridgehead atoms. The first-order valence-corrected chi connectivity index (χ1v) is 7.97. The van der Waals surface area contributed by atoms with Gasteiger partial charge in [-0.2, -0.15) is 0 Å². The van der Waals surface area contributed by atoms with Crippen molar-refractivity contribution in [2.75, 3.05) is 24.9 Å². The monoisotopic (exact) mass is 356 g/mol. The van der Waals surface area contributed by atoms with Gasteiger partial charge in [0.05, 0.1) is 30.6 Å². The number of hydrogen-bond acceptors (Lipinski definition) is 3. The normalized spacial score (nSPS) is 10.4. The van der Waals surface area contributed by atoms with Crippen LogP contribution in [-0.4, -0.2) is 20.3 Å². The Morgan fingerprint density at radius 1 is 0.880 bits per heavy atom. The van der Waals surface area contributed by atoms with E-state index in [1.54, 1.807) is 12.1 Å². The van der Waals surface area contributed by atoms with Crippen LogP contribution in [0.15, 0.2) is 54.6 Å². The maximum atomic E-state index is 12.4. The maximum Gasteiger partial charge on any atom is 0.323 e. The highest BCUT2D eigenvalue weighted by molar-refractivity contribution is 6.32. The van der Waals surface area contributed by atoms with Crippen molar-refractivity contribution in [3.63, 3.8) is 0 Å². The van der Waals surface area contributed by atoms with Crippen molar-refractivity contribution in [1.82, 2.24) is 0 Å². The number of anilines is 2. The molecule has 0 heterocycles. The summed E-state index contributed by atoms with van der Waals surface area (Å²) in [5, 5.41) is 8.03. The quantitative estimate of drug-likeness (QED) is 0.679. The first kappa shape index (κ1) is 16.9. The number of ether oxygens (including phenoxy) is 2. The van der Waals surface area contributed by atoms with Crippen molar-refractivity contribution in [2.45, 2.75) is 0 Å². The maximum absolute atomic E-state index is 12.4. The summed E-state index contributed by atoms with van der Waals surface area (Å²) in [4.78, 5) is 12.4. The molecule has 25 heavy (non-hydrogen) atoms. The average Bonchev–Trinajstić information content (AvgIpc) is 2.63. The molecular weight excluding hydrogens is 340 g/mol. The van der Waals surface area contributed by atoms with E-state index in [1.807, 2.05) is 42.5 Å². The fourth-order valence-corrected chi connectivity index (χ4v) is 2.80. The van der Waals surface area contributed by atoms with E-state index in [4.69, 9.17) is 21.1 Å². The SMILES string of the molecule is COc1cc(NC(=O)Nc2cccc3ccccc23)c(OC)cc1Cl. The van der Waals surface area contributed by atoms with E-state index in [0.29, 0.717) is 22.2 Å². The number of hydrogen-bond donors (Lipinski definition) is 2. The first-order valence-electron chi connectivity index (χ1n) is 7.59. The van der Waals surface area contributed by atoms with Crippen LogP contribution in [-0.2, 0) is 0 Å². The van der Waals surface area contributed by atoms with Crippen molar-refractivity contribution in [3.8, 4) is 11.5 Å². The van der Waals surface area contributed by atoms with E-state index in [0.717, 1.165) is 16.5 Å². The molecule has 0 radical (unpaired) electrons. The summed E-state index contributed by atoms with van der Waals surface area (Å²) in [5.41, 5.74) is 1.18. The summed E-state index contributed by atoms with van der Waals surface area (Å²) in [6.45, 7) is 0. The first-order chi connectivity index (χ1) is 12.1. The van der Waals surface area contributed by atoms with Gasteiger partial charge in [0.25, 0.3) is 0 Å². The molecule has 0 fully saturated rings. The lowest BCUT2D eigenvalue weighted by Gasteiger charge is -2.14. The highest BCUT2D eigenvalue weighted by Gasteiger charge is 2.13. The van der Waals surface area contributed by atoms with Crippen molar-refractivity contribution in [1.29, 1.82) is 0 Å². The molecule has 0 saturated carbocycles. The number of fused-ring (bicyclic) bond motifs is 1. The number of halogens is 1.